The lowest BCUT2D eigenvalue weighted by Crippen LogP contribution is -2.43. The maximum atomic E-state index is 4.69. The van der Waals surface area contributed by atoms with Crippen molar-refractivity contribution in [3.63, 3.8) is 0 Å². The third-order valence-corrected chi connectivity index (χ3v) is 5.55. The van der Waals surface area contributed by atoms with Gasteiger partial charge in [0.1, 0.15) is 0 Å². The fourth-order valence-electron chi connectivity index (χ4n) is 3.25. The molecule has 6 heteroatoms. The Labute approximate surface area is 170 Å². The summed E-state index contributed by atoms with van der Waals surface area (Å²) in [5.74, 6) is 0. The molecule has 0 amide bonds. The van der Waals surface area contributed by atoms with Gasteiger partial charge in [-0.25, -0.2) is 4.98 Å². The maximum absolute atomic E-state index is 4.69. The molecule has 3 aromatic rings. The molecule has 1 aromatic heterocycles. The van der Waals surface area contributed by atoms with Gasteiger partial charge in [-0.2, -0.15) is 0 Å². The molecule has 28 heavy (non-hydrogen) atoms. The molecule has 1 saturated heterocycles. The highest BCUT2D eigenvalue weighted by Crippen LogP contribution is 2.29. The number of aromatic nitrogens is 1. The highest BCUT2D eigenvalue weighted by molar-refractivity contribution is 7.13. The molecule has 2 aromatic carbocycles. The van der Waals surface area contributed by atoms with Gasteiger partial charge in [-0.1, -0.05) is 49.0 Å². The first kappa shape index (κ1) is 18.5. The van der Waals surface area contributed by atoms with Crippen molar-refractivity contribution in [3.8, 4) is 0 Å². The first-order valence-corrected chi connectivity index (χ1v) is 10.4. The zero-order valence-corrected chi connectivity index (χ0v) is 16.6. The van der Waals surface area contributed by atoms with Crippen LogP contribution >= 0.6 is 11.3 Å². The number of piperazine rings is 1. The van der Waals surface area contributed by atoms with E-state index in [9.17, 15) is 0 Å². The number of nitrogens with one attached hydrogen (secondary N) is 3. The van der Waals surface area contributed by atoms with E-state index in [0.29, 0.717) is 0 Å². The Hall–Kier alpha value is -2.83. The van der Waals surface area contributed by atoms with Gasteiger partial charge < -0.3 is 20.9 Å². The van der Waals surface area contributed by atoms with Crippen LogP contribution in [0.4, 0.5) is 16.5 Å². The lowest BCUT2D eigenvalue weighted by molar-refractivity contribution is 0.589. The molecule has 0 spiro atoms. The van der Waals surface area contributed by atoms with E-state index < -0.39 is 0 Å². The van der Waals surface area contributed by atoms with Gasteiger partial charge in [-0.3, -0.25) is 0 Å². The van der Waals surface area contributed by atoms with E-state index in [-0.39, 0.29) is 0 Å². The monoisotopic (exact) mass is 391 g/mol. The number of nitrogens with zero attached hydrogens (tertiary/aromatic N) is 2. The van der Waals surface area contributed by atoms with Crippen LogP contribution in [-0.4, -0.2) is 31.2 Å². The SMILES string of the molecule is C=C(Nc1ccccc1N1CCNCC1)c1csc(NCc2ccccc2)n1. The van der Waals surface area contributed by atoms with Gasteiger partial charge in [0.15, 0.2) is 5.13 Å². The van der Waals surface area contributed by atoms with Crippen LogP contribution in [0.15, 0.2) is 66.6 Å². The molecule has 5 nitrogen and oxygen atoms in total. The predicted molar refractivity (Wildman–Crippen MR) is 120 cm³/mol. The minimum atomic E-state index is 0.763. The van der Waals surface area contributed by atoms with Crippen molar-refractivity contribution in [1.82, 2.24) is 10.3 Å². The minimum Gasteiger partial charge on any atom is -0.367 e. The van der Waals surface area contributed by atoms with Gasteiger partial charge in [0.25, 0.3) is 0 Å². The summed E-state index contributed by atoms with van der Waals surface area (Å²) in [4.78, 5) is 7.09. The zero-order valence-electron chi connectivity index (χ0n) is 15.8. The Morgan fingerprint density at radius 1 is 1.07 bits per heavy atom. The molecule has 144 valence electrons. The molecule has 1 aliphatic heterocycles. The van der Waals surface area contributed by atoms with E-state index in [1.807, 2.05) is 23.6 Å². The van der Waals surface area contributed by atoms with Crippen LogP contribution in [0.3, 0.4) is 0 Å². The summed E-state index contributed by atoms with van der Waals surface area (Å²) in [6, 6.07) is 18.7. The predicted octanol–water partition coefficient (Wildman–Crippen LogP) is 4.25. The molecule has 0 saturated carbocycles. The van der Waals surface area contributed by atoms with Crippen molar-refractivity contribution in [2.24, 2.45) is 0 Å². The van der Waals surface area contributed by atoms with Crippen molar-refractivity contribution in [2.45, 2.75) is 6.54 Å². The summed E-state index contributed by atoms with van der Waals surface area (Å²) in [6.07, 6.45) is 0. The smallest absolute Gasteiger partial charge is 0.183 e. The average molecular weight is 392 g/mol. The highest BCUT2D eigenvalue weighted by atomic mass is 32.1. The van der Waals surface area contributed by atoms with Gasteiger partial charge in [-0.15, -0.1) is 11.3 Å². The van der Waals surface area contributed by atoms with Crippen LogP contribution in [-0.2, 0) is 6.54 Å². The molecule has 0 bridgehead atoms. The summed E-state index contributed by atoms with van der Waals surface area (Å²) < 4.78 is 0. The molecule has 1 fully saturated rings. The lowest BCUT2D eigenvalue weighted by atomic mass is 10.2. The molecule has 4 rings (SSSR count). The number of para-hydroxylation sites is 2. The molecular formula is C22H25N5S. The Kier molecular flexibility index (Phi) is 5.89. The van der Waals surface area contributed by atoms with Crippen molar-refractivity contribution in [3.05, 3.63) is 77.8 Å². The van der Waals surface area contributed by atoms with Crippen molar-refractivity contribution in [2.75, 3.05) is 41.7 Å². The third kappa shape index (κ3) is 4.52. The van der Waals surface area contributed by atoms with Gasteiger partial charge in [0.2, 0.25) is 0 Å². The Morgan fingerprint density at radius 3 is 2.64 bits per heavy atom. The second kappa shape index (κ2) is 8.91. The molecular weight excluding hydrogens is 366 g/mol. The number of anilines is 3. The van der Waals surface area contributed by atoms with Crippen molar-refractivity contribution in [1.29, 1.82) is 0 Å². The van der Waals surface area contributed by atoms with Gasteiger partial charge in [-0.05, 0) is 17.7 Å². The number of rotatable bonds is 7. The van der Waals surface area contributed by atoms with Crippen LogP contribution < -0.4 is 20.9 Å². The van der Waals surface area contributed by atoms with E-state index in [0.717, 1.165) is 54.9 Å². The topological polar surface area (TPSA) is 52.2 Å². The van der Waals surface area contributed by atoms with E-state index in [1.54, 1.807) is 11.3 Å². The van der Waals surface area contributed by atoms with Gasteiger partial charge >= 0.3 is 0 Å². The summed E-state index contributed by atoms with van der Waals surface area (Å²) in [5, 5.41) is 13.2. The number of thiazole rings is 1. The summed E-state index contributed by atoms with van der Waals surface area (Å²) in [5.41, 5.74) is 5.20. The molecule has 1 aliphatic rings. The van der Waals surface area contributed by atoms with Crippen LogP contribution in [0.25, 0.3) is 5.70 Å². The standard InChI is InChI=1S/C22H25N5S/c1-17(20-16-28-22(26-20)24-15-18-7-3-2-4-8-18)25-19-9-5-6-10-21(19)27-13-11-23-12-14-27/h2-10,16,23,25H,1,11-15H2,(H,24,26). The molecule has 2 heterocycles. The van der Waals surface area contributed by atoms with E-state index in [1.165, 1.54) is 11.3 Å². The van der Waals surface area contributed by atoms with Crippen molar-refractivity contribution >= 4 is 33.5 Å². The van der Waals surface area contributed by atoms with E-state index in [4.69, 9.17) is 0 Å². The Bertz CT molecular complexity index is 915. The minimum absolute atomic E-state index is 0.763. The molecule has 0 atom stereocenters. The highest BCUT2D eigenvalue weighted by Gasteiger charge is 2.15. The van der Waals surface area contributed by atoms with Crippen LogP contribution in [0.5, 0.6) is 0 Å². The fourth-order valence-corrected chi connectivity index (χ4v) is 3.98. The zero-order chi connectivity index (χ0) is 19.2. The Morgan fingerprint density at radius 2 is 1.82 bits per heavy atom. The summed E-state index contributed by atoms with van der Waals surface area (Å²) in [7, 11) is 0. The maximum Gasteiger partial charge on any atom is 0.183 e. The third-order valence-electron chi connectivity index (χ3n) is 4.75. The molecule has 0 aliphatic carbocycles. The first-order chi connectivity index (χ1) is 13.8. The number of benzene rings is 2. The van der Waals surface area contributed by atoms with Crippen molar-refractivity contribution < 1.29 is 0 Å². The normalized spacial score (nSPS) is 13.9. The lowest BCUT2D eigenvalue weighted by Gasteiger charge is -2.31. The number of hydrogen-bond donors (Lipinski definition) is 3. The molecule has 0 radical (unpaired) electrons. The summed E-state index contributed by atoms with van der Waals surface area (Å²) >= 11 is 1.60. The second-order valence-electron chi connectivity index (χ2n) is 6.73. The quantitative estimate of drug-likeness (QED) is 0.562. The van der Waals surface area contributed by atoms with E-state index >= 15 is 0 Å². The summed E-state index contributed by atoms with van der Waals surface area (Å²) in [6.45, 7) is 9.02. The molecule has 3 N–H and O–H groups in total. The van der Waals surface area contributed by atoms with Crippen LogP contribution in [0.1, 0.15) is 11.3 Å². The largest absolute Gasteiger partial charge is 0.367 e. The fraction of sp³-hybridized carbons (Fsp3) is 0.227. The van der Waals surface area contributed by atoms with Gasteiger partial charge in [0.05, 0.1) is 22.8 Å². The first-order valence-electron chi connectivity index (χ1n) is 9.54. The van der Waals surface area contributed by atoms with Crippen LogP contribution in [0.2, 0.25) is 0 Å². The van der Waals surface area contributed by atoms with Gasteiger partial charge in [0, 0.05) is 38.1 Å². The average Bonchev–Trinajstić information content (AvgIpc) is 3.23. The molecule has 0 unspecified atom stereocenters. The van der Waals surface area contributed by atoms with E-state index in [2.05, 4.69) is 68.8 Å². The second-order valence-corrected chi connectivity index (χ2v) is 7.59. The number of hydrogen-bond acceptors (Lipinski definition) is 6. The van der Waals surface area contributed by atoms with Crippen LogP contribution in [0, 0.1) is 0 Å². The Balaban J connectivity index is 1.41.